The minimum absolute atomic E-state index is 0.792. The van der Waals surface area contributed by atoms with Crippen molar-refractivity contribution in [3.05, 3.63) is 21.9 Å². The van der Waals surface area contributed by atoms with Crippen molar-refractivity contribution >= 4 is 11.3 Å². The standard InChI is InChI=1S/C13H21NS/c1-10-3-4-12(9-10)14-7-5-13-11(2)6-8-15-13/h6,8,10,12,14H,3-5,7,9H2,1-2H3. The molecule has 2 rings (SSSR count). The predicted molar refractivity (Wildman–Crippen MR) is 67.6 cm³/mol. The monoisotopic (exact) mass is 223 g/mol. The lowest BCUT2D eigenvalue weighted by molar-refractivity contribution is 0.506. The van der Waals surface area contributed by atoms with E-state index in [4.69, 9.17) is 0 Å². The van der Waals surface area contributed by atoms with Gasteiger partial charge in [-0.25, -0.2) is 0 Å². The second kappa shape index (κ2) is 5.13. The summed E-state index contributed by atoms with van der Waals surface area (Å²) in [7, 11) is 0. The van der Waals surface area contributed by atoms with Gasteiger partial charge in [0.05, 0.1) is 0 Å². The van der Waals surface area contributed by atoms with Gasteiger partial charge in [-0.1, -0.05) is 6.92 Å². The van der Waals surface area contributed by atoms with Crippen molar-refractivity contribution in [2.75, 3.05) is 6.54 Å². The van der Waals surface area contributed by atoms with Crippen molar-refractivity contribution in [2.45, 2.75) is 45.6 Å². The molecule has 2 unspecified atom stereocenters. The summed E-state index contributed by atoms with van der Waals surface area (Å²) >= 11 is 1.89. The molecule has 0 saturated heterocycles. The molecule has 1 aromatic heterocycles. The Morgan fingerprint density at radius 3 is 2.93 bits per heavy atom. The van der Waals surface area contributed by atoms with Gasteiger partial charge >= 0.3 is 0 Å². The smallest absolute Gasteiger partial charge is 0.00870 e. The van der Waals surface area contributed by atoms with Crippen LogP contribution in [0.15, 0.2) is 11.4 Å². The molecule has 0 spiro atoms. The van der Waals surface area contributed by atoms with E-state index in [9.17, 15) is 0 Å². The quantitative estimate of drug-likeness (QED) is 0.825. The Morgan fingerprint density at radius 2 is 2.33 bits per heavy atom. The summed E-state index contributed by atoms with van der Waals surface area (Å²) < 4.78 is 0. The summed E-state index contributed by atoms with van der Waals surface area (Å²) in [6.07, 6.45) is 5.37. The van der Waals surface area contributed by atoms with E-state index in [1.54, 1.807) is 4.88 Å². The second-order valence-electron chi connectivity index (χ2n) is 4.85. The molecule has 1 fully saturated rings. The fourth-order valence-electron chi connectivity index (χ4n) is 2.44. The number of nitrogens with one attached hydrogen (secondary N) is 1. The van der Waals surface area contributed by atoms with E-state index in [-0.39, 0.29) is 0 Å². The average molecular weight is 223 g/mol. The molecule has 1 N–H and O–H groups in total. The summed E-state index contributed by atoms with van der Waals surface area (Å²) in [4.78, 5) is 1.55. The van der Waals surface area contributed by atoms with Crippen LogP contribution in [0.5, 0.6) is 0 Å². The normalized spacial score (nSPS) is 26.0. The molecule has 0 amide bonds. The van der Waals surface area contributed by atoms with Gasteiger partial charge in [-0.05, 0) is 55.5 Å². The van der Waals surface area contributed by atoms with Gasteiger partial charge in [0, 0.05) is 17.5 Å². The van der Waals surface area contributed by atoms with Gasteiger partial charge < -0.3 is 5.32 Å². The third-order valence-electron chi connectivity index (χ3n) is 3.45. The lowest BCUT2D eigenvalue weighted by atomic mass is 10.1. The van der Waals surface area contributed by atoms with Crippen LogP contribution in [-0.4, -0.2) is 12.6 Å². The van der Waals surface area contributed by atoms with Crippen LogP contribution in [0, 0.1) is 12.8 Å². The molecular weight excluding hydrogens is 202 g/mol. The van der Waals surface area contributed by atoms with Crippen molar-refractivity contribution in [1.82, 2.24) is 5.32 Å². The highest BCUT2D eigenvalue weighted by Gasteiger charge is 2.20. The molecule has 1 aliphatic rings. The molecule has 0 aliphatic heterocycles. The highest BCUT2D eigenvalue weighted by molar-refractivity contribution is 7.10. The number of hydrogen-bond acceptors (Lipinski definition) is 2. The maximum Gasteiger partial charge on any atom is 0.00870 e. The SMILES string of the molecule is Cc1ccsc1CCNC1CCC(C)C1. The zero-order valence-corrected chi connectivity index (χ0v) is 10.6. The first-order chi connectivity index (χ1) is 7.25. The van der Waals surface area contributed by atoms with E-state index in [2.05, 4.69) is 30.6 Å². The zero-order chi connectivity index (χ0) is 10.7. The van der Waals surface area contributed by atoms with E-state index in [1.807, 2.05) is 11.3 Å². The molecule has 1 heterocycles. The highest BCUT2D eigenvalue weighted by atomic mass is 32.1. The Labute approximate surface area is 96.9 Å². The van der Waals surface area contributed by atoms with Crippen molar-refractivity contribution in [3.8, 4) is 0 Å². The van der Waals surface area contributed by atoms with Crippen LogP contribution in [-0.2, 0) is 6.42 Å². The second-order valence-corrected chi connectivity index (χ2v) is 5.85. The Kier molecular flexibility index (Phi) is 3.81. The third kappa shape index (κ3) is 3.05. The number of hydrogen-bond donors (Lipinski definition) is 1. The molecule has 2 atom stereocenters. The first kappa shape index (κ1) is 11.2. The first-order valence-corrected chi connectivity index (χ1v) is 6.90. The molecule has 84 valence electrons. The number of aryl methyl sites for hydroxylation is 1. The zero-order valence-electron chi connectivity index (χ0n) is 9.75. The van der Waals surface area contributed by atoms with Crippen molar-refractivity contribution in [3.63, 3.8) is 0 Å². The topological polar surface area (TPSA) is 12.0 Å². The minimum Gasteiger partial charge on any atom is -0.314 e. The maximum absolute atomic E-state index is 3.68. The molecule has 1 saturated carbocycles. The van der Waals surface area contributed by atoms with E-state index in [0.717, 1.165) is 18.5 Å². The molecule has 2 heteroatoms. The lowest BCUT2D eigenvalue weighted by Crippen LogP contribution is -2.28. The Hall–Kier alpha value is -0.340. The van der Waals surface area contributed by atoms with E-state index in [1.165, 1.54) is 31.2 Å². The van der Waals surface area contributed by atoms with Gasteiger partial charge in [-0.3, -0.25) is 0 Å². The van der Waals surface area contributed by atoms with Gasteiger partial charge in [0.15, 0.2) is 0 Å². The third-order valence-corrected chi connectivity index (χ3v) is 4.53. The van der Waals surface area contributed by atoms with Crippen LogP contribution in [0.4, 0.5) is 0 Å². The maximum atomic E-state index is 3.68. The van der Waals surface area contributed by atoms with Crippen LogP contribution in [0.25, 0.3) is 0 Å². The van der Waals surface area contributed by atoms with Gasteiger partial charge in [0.25, 0.3) is 0 Å². The molecule has 15 heavy (non-hydrogen) atoms. The predicted octanol–water partition coefficient (Wildman–Crippen LogP) is 3.38. The Morgan fingerprint density at radius 1 is 1.47 bits per heavy atom. The van der Waals surface area contributed by atoms with E-state index in [0.29, 0.717) is 0 Å². The summed E-state index contributed by atoms with van der Waals surface area (Å²) in [6, 6.07) is 3.01. The summed E-state index contributed by atoms with van der Waals surface area (Å²) in [5.41, 5.74) is 1.46. The molecule has 1 aromatic rings. The van der Waals surface area contributed by atoms with Crippen LogP contribution in [0.3, 0.4) is 0 Å². The summed E-state index contributed by atoms with van der Waals surface area (Å²) in [5.74, 6) is 0.936. The van der Waals surface area contributed by atoms with Gasteiger partial charge in [0.2, 0.25) is 0 Å². The largest absolute Gasteiger partial charge is 0.314 e. The molecule has 1 nitrogen and oxygen atoms in total. The molecule has 0 radical (unpaired) electrons. The minimum atomic E-state index is 0.792. The molecule has 0 aromatic carbocycles. The molecule has 0 bridgehead atoms. The van der Waals surface area contributed by atoms with Crippen molar-refractivity contribution in [1.29, 1.82) is 0 Å². The van der Waals surface area contributed by atoms with E-state index >= 15 is 0 Å². The number of rotatable bonds is 4. The fraction of sp³-hybridized carbons (Fsp3) is 0.692. The fourth-order valence-corrected chi connectivity index (χ4v) is 3.35. The van der Waals surface area contributed by atoms with Crippen molar-refractivity contribution < 1.29 is 0 Å². The average Bonchev–Trinajstić information content (AvgIpc) is 2.77. The lowest BCUT2D eigenvalue weighted by Gasteiger charge is -2.11. The highest BCUT2D eigenvalue weighted by Crippen LogP contribution is 2.24. The van der Waals surface area contributed by atoms with Crippen LogP contribution in [0.1, 0.15) is 36.6 Å². The molecule has 1 aliphatic carbocycles. The van der Waals surface area contributed by atoms with Gasteiger partial charge in [0.1, 0.15) is 0 Å². The van der Waals surface area contributed by atoms with E-state index < -0.39 is 0 Å². The first-order valence-electron chi connectivity index (χ1n) is 6.02. The van der Waals surface area contributed by atoms with Crippen LogP contribution >= 0.6 is 11.3 Å². The van der Waals surface area contributed by atoms with Gasteiger partial charge in [-0.15, -0.1) is 11.3 Å². The number of thiophene rings is 1. The van der Waals surface area contributed by atoms with Crippen LogP contribution in [0.2, 0.25) is 0 Å². The van der Waals surface area contributed by atoms with Crippen molar-refractivity contribution in [2.24, 2.45) is 5.92 Å². The summed E-state index contributed by atoms with van der Waals surface area (Å²) in [5, 5.41) is 5.88. The Bertz CT molecular complexity index is 305. The summed E-state index contributed by atoms with van der Waals surface area (Å²) in [6.45, 7) is 5.73. The van der Waals surface area contributed by atoms with Gasteiger partial charge in [-0.2, -0.15) is 0 Å². The molecular formula is C13H21NS. The Balaban J connectivity index is 1.69. The van der Waals surface area contributed by atoms with Crippen LogP contribution < -0.4 is 5.32 Å².